The first-order chi connectivity index (χ1) is 18.2. The van der Waals surface area contributed by atoms with Gasteiger partial charge in [0.1, 0.15) is 17.2 Å². The third-order valence-corrected chi connectivity index (χ3v) is 8.12. The highest BCUT2D eigenvalue weighted by atomic mass is 32.1. The van der Waals surface area contributed by atoms with Crippen molar-refractivity contribution in [2.24, 2.45) is 5.92 Å². The molecule has 6 nitrogen and oxygen atoms in total. The van der Waals surface area contributed by atoms with Crippen LogP contribution in [0.5, 0.6) is 5.75 Å². The number of thiophene rings is 1. The summed E-state index contributed by atoms with van der Waals surface area (Å²) >= 11 is 0.684. The highest BCUT2D eigenvalue weighted by molar-refractivity contribution is 7.12. The number of fused-ring (bicyclic) bond motifs is 1. The van der Waals surface area contributed by atoms with E-state index in [1.807, 2.05) is 11.0 Å². The van der Waals surface area contributed by atoms with Crippen LogP contribution in [0, 0.1) is 5.92 Å². The molecule has 10 heteroatoms. The van der Waals surface area contributed by atoms with Crippen LogP contribution < -0.4 is 9.64 Å². The van der Waals surface area contributed by atoms with Gasteiger partial charge in [0.2, 0.25) is 5.91 Å². The summed E-state index contributed by atoms with van der Waals surface area (Å²) in [6.07, 6.45) is -2.43. The Labute approximate surface area is 222 Å². The molecule has 1 amide bonds. The average Bonchev–Trinajstić information content (AvgIpc) is 3.53. The number of ether oxygens (including phenoxy) is 1. The summed E-state index contributed by atoms with van der Waals surface area (Å²) in [5.74, 6) is -0.812. The third kappa shape index (κ3) is 5.71. The predicted octanol–water partition coefficient (Wildman–Crippen LogP) is 5.70. The fraction of sp³-hybridized carbons (Fsp3) is 0.357. The molecule has 1 fully saturated rings. The summed E-state index contributed by atoms with van der Waals surface area (Å²) in [5, 5.41) is 9.29. The van der Waals surface area contributed by atoms with Crippen molar-refractivity contribution in [1.82, 2.24) is 4.90 Å². The topological polar surface area (TPSA) is 70.1 Å². The van der Waals surface area contributed by atoms with Crippen LogP contribution in [-0.2, 0) is 28.8 Å². The second-order valence-electron chi connectivity index (χ2n) is 9.61. The number of carbonyl (C=O) groups is 2. The molecular formula is C28H27F3N2O4S. The molecule has 1 atom stereocenters. The summed E-state index contributed by atoms with van der Waals surface area (Å²) < 4.78 is 46.9. The van der Waals surface area contributed by atoms with E-state index in [0.717, 1.165) is 17.7 Å². The largest absolute Gasteiger partial charge is 0.488 e. The first kappa shape index (κ1) is 26.2. The van der Waals surface area contributed by atoms with Gasteiger partial charge in [-0.2, -0.15) is 13.2 Å². The second kappa shape index (κ2) is 10.8. The Morgan fingerprint density at radius 1 is 1.08 bits per heavy atom. The molecule has 3 heterocycles. The molecule has 0 unspecified atom stereocenters. The quantitative estimate of drug-likeness (QED) is 0.413. The summed E-state index contributed by atoms with van der Waals surface area (Å²) in [5.41, 5.74) is 2.38. The highest BCUT2D eigenvalue weighted by Crippen LogP contribution is 2.43. The molecule has 5 rings (SSSR count). The molecule has 1 aromatic heterocycles. The van der Waals surface area contributed by atoms with Crippen LogP contribution in [0.15, 0.2) is 54.6 Å². The van der Waals surface area contributed by atoms with Gasteiger partial charge in [-0.15, -0.1) is 11.3 Å². The van der Waals surface area contributed by atoms with E-state index in [0.29, 0.717) is 60.0 Å². The Morgan fingerprint density at radius 2 is 1.87 bits per heavy atom. The Hall–Kier alpha value is -3.37. The second-order valence-corrected chi connectivity index (χ2v) is 10.7. The number of aliphatic carboxylic acids is 1. The minimum absolute atomic E-state index is 0.00170. The number of anilines is 1. The number of hydrogen-bond acceptors (Lipinski definition) is 5. The lowest BCUT2D eigenvalue weighted by Crippen LogP contribution is -2.45. The number of carboxylic acids is 1. The van der Waals surface area contributed by atoms with Gasteiger partial charge < -0.3 is 14.7 Å². The van der Waals surface area contributed by atoms with Gasteiger partial charge in [0.15, 0.2) is 0 Å². The number of rotatable bonds is 7. The van der Waals surface area contributed by atoms with E-state index in [1.54, 1.807) is 47.4 Å². The maximum absolute atomic E-state index is 13.7. The zero-order valence-electron chi connectivity index (χ0n) is 20.5. The van der Waals surface area contributed by atoms with Gasteiger partial charge in [-0.3, -0.25) is 14.5 Å². The zero-order valence-corrected chi connectivity index (χ0v) is 21.4. The molecule has 0 aliphatic carbocycles. The number of halogens is 3. The molecule has 200 valence electrons. The van der Waals surface area contributed by atoms with Crippen molar-refractivity contribution in [2.75, 3.05) is 31.1 Å². The molecule has 2 aliphatic rings. The fourth-order valence-corrected chi connectivity index (χ4v) is 6.07. The van der Waals surface area contributed by atoms with Gasteiger partial charge in [0.25, 0.3) is 0 Å². The molecule has 38 heavy (non-hydrogen) atoms. The van der Waals surface area contributed by atoms with E-state index in [9.17, 15) is 27.9 Å². The van der Waals surface area contributed by atoms with Crippen LogP contribution in [0.2, 0.25) is 0 Å². The van der Waals surface area contributed by atoms with Crippen molar-refractivity contribution >= 4 is 28.9 Å². The summed E-state index contributed by atoms with van der Waals surface area (Å²) in [6.45, 7) is 1.77. The number of carboxylic acid groups (broad SMARTS) is 1. The van der Waals surface area contributed by atoms with Crippen LogP contribution in [-0.4, -0.2) is 48.1 Å². The number of nitrogens with zero attached hydrogens (tertiary/aromatic N) is 2. The molecule has 0 bridgehead atoms. The lowest BCUT2D eigenvalue weighted by atomic mass is 9.98. The Morgan fingerprint density at radius 3 is 2.61 bits per heavy atom. The molecule has 2 aromatic carbocycles. The zero-order chi connectivity index (χ0) is 26.9. The fourth-order valence-electron chi connectivity index (χ4n) is 5.11. The maximum atomic E-state index is 13.7. The average molecular weight is 545 g/mol. The van der Waals surface area contributed by atoms with Crippen LogP contribution in [0.25, 0.3) is 11.1 Å². The van der Waals surface area contributed by atoms with Gasteiger partial charge in [0, 0.05) is 29.2 Å². The standard InChI is InChI=1S/C28H27F3N2O4S/c29-28(30,31)26-23(18-5-2-1-3-6-18)14-22(38-26)17-37-21-8-9-24-19(13-21)10-12-33(24)25(34)16-32-11-4-7-20(15-32)27(35)36/h1-3,5-6,8-9,13-14,20H,4,7,10-12,15-17H2,(H,35,36)/t20-/m0/s1. The van der Waals surface area contributed by atoms with E-state index in [-0.39, 0.29) is 24.6 Å². The summed E-state index contributed by atoms with van der Waals surface area (Å²) in [7, 11) is 0. The number of carbonyl (C=O) groups excluding carboxylic acids is 1. The van der Waals surface area contributed by atoms with E-state index in [4.69, 9.17) is 4.74 Å². The number of amides is 1. The molecule has 0 saturated carbocycles. The molecular weight excluding hydrogens is 517 g/mol. The van der Waals surface area contributed by atoms with Crippen molar-refractivity contribution in [3.8, 4) is 16.9 Å². The monoisotopic (exact) mass is 544 g/mol. The number of likely N-dealkylation sites (tertiary alicyclic amines) is 1. The van der Waals surface area contributed by atoms with E-state index in [2.05, 4.69) is 0 Å². The molecule has 2 aliphatic heterocycles. The Kier molecular flexibility index (Phi) is 7.45. The van der Waals surface area contributed by atoms with Crippen molar-refractivity contribution < 1.29 is 32.6 Å². The van der Waals surface area contributed by atoms with Gasteiger partial charge in [0.05, 0.1) is 12.5 Å². The summed E-state index contributed by atoms with van der Waals surface area (Å²) in [4.78, 5) is 27.8. The van der Waals surface area contributed by atoms with E-state index < -0.39 is 22.9 Å². The first-order valence-corrected chi connectivity index (χ1v) is 13.3. The van der Waals surface area contributed by atoms with Gasteiger partial charge in [-0.05, 0) is 61.2 Å². The Balaban J connectivity index is 1.24. The Bertz CT molecular complexity index is 1330. The first-order valence-electron chi connectivity index (χ1n) is 12.5. The molecule has 1 saturated heterocycles. The molecule has 0 radical (unpaired) electrons. The van der Waals surface area contributed by atoms with Crippen molar-refractivity contribution in [2.45, 2.75) is 32.0 Å². The predicted molar refractivity (Wildman–Crippen MR) is 138 cm³/mol. The third-order valence-electron chi connectivity index (χ3n) is 6.97. The maximum Gasteiger partial charge on any atom is 0.426 e. The number of hydrogen-bond donors (Lipinski definition) is 1. The van der Waals surface area contributed by atoms with Gasteiger partial charge in [-0.25, -0.2) is 0 Å². The van der Waals surface area contributed by atoms with Crippen molar-refractivity contribution in [3.63, 3.8) is 0 Å². The van der Waals surface area contributed by atoms with E-state index >= 15 is 0 Å². The number of alkyl halides is 3. The van der Waals surface area contributed by atoms with Gasteiger partial charge >= 0.3 is 12.1 Å². The smallest absolute Gasteiger partial charge is 0.426 e. The number of piperidine rings is 1. The van der Waals surface area contributed by atoms with E-state index in [1.165, 1.54) is 6.07 Å². The minimum Gasteiger partial charge on any atom is -0.488 e. The van der Waals surface area contributed by atoms with Crippen LogP contribution >= 0.6 is 11.3 Å². The highest BCUT2D eigenvalue weighted by Gasteiger charge is 2.36. The normalized spacial score (nSPS) is 17.9. The summed E-state index contributed by atoms with van der Waals surface area (Å²) in [6, 6.07) is 15.4. The van der Waals surface area contributed by atoms with Gasteiger partial charge in [-0.1, -0.05) is 30.3 Å². The molecule has 1 N–H and O–H groups in total. The SMILES string of the molecule is O=C(O)[C@H]1CCCN(CC(=O)N2CCc3cc(OCc4cc(-c5ccccc5)c(C(F)(F)F)s4)ccc32)C1. The number of benzene rings is 2. The lowest BCUT2D eigenvalue weighted by molar-refractivity contribution is -0.144. The lowest BCUT2D eigenvalue weighted by Gasteiger charge is -2.31. The van der Waals surface area contributed by atoms with Crippen LogP contribution in [0.1, 0.15) is 28.2 Å². The molecule has 3 aromatic rings. The van der Waals surface area contributed by atoms with Crippen LogP contribution in [0.4, 0.5) is 18.9 Å². The van der Waals surface area contributed by atoms with Crippen molar-refractivity contribution in [3.05, 3.63) is 69.9 Å². The van der Waals surface area contributed by atoms with Crippen molar-refractivity contribution in [1.29, 1.82) is 0 Å². The van der Waals surface area contributed by atoms with Crippen LogP contribution in [0.3, 0.4) is 0 Å². The molecule has 0 spiro atoms. The minimum atomic E-state index is -4.46.